The molecule has 0 aromatic heterocycles. The van der Waals surface area contributed by atoms with Crippen molar-refractivity contribution in [2.75, 3.05) is 20.2 Å². The second kappa shape index (κ2) is 5.96. The average molecular weight is 259 g/mol. The van der Waals surface area contributed by atoms with Crippen LogP contribution in [0.15, 0.2) is 24.3 Å². The molecule has 1 aromatic rings. The maximum absolute atomic E-state index is 5.28. The minimum absolute atomic E-state index is 0.730. The second-order valence-corrected chi connectivity index (χ2v) is 5.97. The number of hydrogen-bond donors (Lipinski definition) is 0. The number of fused-ring (bicyclic) bond motifs is 1. The zero-order valence-electron chi connectivity index (χ0n) is 12.0. The van der Waals surface area contributed by atoms with Crippen molar-refractivity contribution in [1.82, 2.24) is 4.90 Å². The first-order valence-electron chi connectivity index (χ1n) is 7.76. The lowest BCUT2D eigenvalue weighted by Gasteiger charge is -2.39. The molecule has 2 unspecified atom stereocenters. The van der Waals surface area contributed by atoms with E-state index in [1.807, 2.05) is 0 Å². The highest BCUT2D eigenvalue weighted by Gasteiger charge is 2.32. The van der Waals surface area contributed by atoms with Crippen LogP contribution in [0.1, 0.15) is 50.0 Å². The van der Waals surface area contributed by atoms with E-state index in [4.69, 9.17) is 4.74 Å². The van der Waals surface area contributed by atoms with Crippen molar-refractivity contribution in [2.45, 2.75) is 50.5 Å². The molecule has 0 amide bonds. The summed E-state index contributed by atoms with van der Waals surface area (Å²) < 4.78 is 5.28. The number of rotatable bonds is 2. The lowest BCUT2D eigenvalue weighted by Crippen LogP contribution is -2.42. The Morgan fingerprint density at radius 2 is 1.63 bits per heavy atom. The SMILES string of the molecule is COc1ccc(C2CCCCN3CCCCC23)cc1. The number of piperidine rings is 1. The van der Waals surface area contributed by atoms with Crippen LogP contribution >= 0.6 is 0 Å². The topological polar surface area (TPSA) is 12.5 Å². The van der Waals surface area contributed by atoms with Crippen LogP contribution in [0.5, 0.6) is 5.75 Å². The van der Waals surface area contributed by atoms with Gasteiger partial charge in [-0.1, -0.05) is 25.0 Å². The van der Waals surface area contributed by atoms with Crippen molar-refractivity contribution in [3.63, 3.8) is 0 Å². The summed E-state index contributed by atoms with van der Waals surface area (Å²) in [6, 6.07) is 9.58. The Morgan fingerprint density at radius 1 is 0.947 bits per heavy atom. The van der Waals surface area contributed by atoms with Crippen molar-refractivity contribution in [1.29, 1.82) is 0 Å². The van der Waals surface area contributed by atoms with Gasteiger partial charge in [0, 0.05) is 6.04 Å². The predicted octanol–water partition coefficient (Wildman–Crippen LogP) is 3.82. The molecule has 2 aliphatic heterocycles. The van der Waals surface area contributed by atoms with Crippen molar-refractivity contribution in [3.8, 4) is 5.75 Å². The summed E-state index contributed by atoms with van der Waals surface area (Å²) in [4.78, 5) is 2.76. The largest absolute Gasteiger partial charge is 0.497 e. The van der Waals surface area contributed by atoms with Crippen LogP contribution in [0, 0.1) is 0 Å². The minimum Gasteiger partial charge on any atom is -0.497 e. The normalized spacial score (nSPS) is 28.5. The quantitative estimate of drug-likeness (QED) is 0.800. The highest BCUT2D eigenvalue weighted by molar-refractivity contribution is 5.30. The van der Waals surface area contributed by atoms with E-state index in [0.717, 1.165) is 17.7 Å². The lowest BCUT2D eigenvalue weighted by molar-refractivity contribution is 0.137. The third-order valence-corrected chi connectivity index (χ3v) is 4.88. The summed E-state index contributed by atoms with van der Waals surface area (Å²) in [6.45, 7) is 2.63. The second-order valence-electron chi connectivity index (χ2n) is 5.97. The molecule has 2 atom stereocenters. The van der Waals surface area contributed by atoms with E-state index in [1.165, 1.54) is 57.2 Å². The van der Waals surface area contributed by atoms with Crippen LogP contribution in [0.2, 0.25) is 0 Å². The van der Waals surface area contributed by atoms with Gasteiger partial charge >= 0.3 is 0 Å². The molecule has 0 N–H and O–H groups in total. The summed E-state index contributed by atoms with van der Waals surface area (Å²) in [7, 11) is 1.74. The summed E-state index contributed by atoms with van der Waals surface area (Å²) in [5.74, 6) is 1.70. The van der Waals surface area contributed by atoms with Gasteiger partial charge in [0.15, 0.2) is 0 Å². The molecular weight excluding hydrogens is 234 g/mol. The highest BCUT2D eigenvalue weighted by atomic mass is 16.5. The van der Waals surface area contributed by atoms with Crippen molar-refractivity contribution >= 4 is 0 Å². The molecule has 0 saturated carbocycles. The van der Waals surface area contributed by atoms with Gasteiger partial charge in [0.05, 0.1) is 7.11 Å². The smallest absolute Gasteiger partial charge is 0.118 e. The minimum atomic E-state index is 0.730. The van der Waals surface area contributed by atoms with Crippen LogP contribution in [-0.4, -0.2) is 31.1 Å². The van der Waals surface area contributed by atoms with Crippen LogP contribution < -0.4 is 4.74 Å². The molecule has 2 nitrogen and oxygen atoms in total. The molecule has 0 bridgehead atoms. The molecule has 0 spiro atoms. The average Bonchev–Trinajstić information content (AvgIpc) is 2.70. The zero-order valence-corrected chi connectivity index (χ0v) is 12.0. The fraction of sp³-hybridized carbons (Fsp3) is 0.647. The molecule has 2 heterocycles. The van der Waals surface area contributed by atoms with E-state index in [-0.39, 0.29) is 0 Å². The van der Waals surface area contributed by atoms with Crippen LogP contribution in [0.25, 0.3) is 0 Å². The molecule has 19 heavy (non-hydrogen) atoms. The summed E-state index contributed by atoms with van der Waals surface area (Å²) in [5.41, 5.74) is 1.51. The maximum Gasteiger partial charge on any atom is 0.118 e. The molecule has 2 aliphatic rings. The zero-order chi connectivity index (χ0) is 13.1. The first-order chi connectivity index (χ1) is 9.38. The van der Waals surface area contributed by atoms with Crippen molar-refractivity contribution in [2.24, 2.45) is 0 Å². The van der Waals surface area contributed by atoms with Crippen LogP contribution in [0.3, 0.4) is 0 Å². The monoisotopic (exact) mass is 259 g/mol. The maximum atomic E-state index is 5.28. The Bertz CT molecular complexity index is 400. The van der Waals surface area contributed by atoms with Gasteiger partial charge in [-0.3, -0.25) is 4.90 Å². The van der Waals surface area contributed by atoms with E-state index in [2.05, 4.69) is 29.2 Å². The Kier molecular flexibility index (Phi) is 4.07. The lowest BCUT2D eigenvalue weighted by atomic mass is 9.83. The van der Waals surface area contributed by atoms with Crippen LogP contribution in [0.4, 0.5) is 0 Å². The summed E-state index contributed by atoms with van der Waals surface area (Å²) in [5, 5.41) is 0. The van der Waals surface area contributed by atoms with Gasteiger partial charge in [0.1, 0.15) is 5.75 Å². The van der Waals surface area contributed by atoms with E-state index in [9.17, 15) is 0 Å². The number of nitrogens with zero attached hydrogens (tertiary/aromatic N) is 1. The molecule has 2 saturated heterocycles. The fourth-order valence-electron chi connectivity index (χ4n) is 3.86. The van der Waals surface area contributed by atoms with Gasteiger partial charge in [-0.15, -0.1) is 0 Å². The number of methoxy groups -OCH3 is 1. The van der Waals surface area contributed by atoms with Crippen molar-refractivity contribution in [3.05, 3.63) is 29.8 Å². The van der Waals surface area contributed by atoms with Gasteiger partial charge in [0.2, 0.25) is 0 Å². The molecule has 0 aliphatic carbocycles. The number of benzene rings is 1. The highest BCUT2D eigenvalue weighted by Crippen LogP contribution is 2.37. The van der Waals surface area contributed by atoms with E-state index >= 15 is 0 Å². The van der Waals surface area contributed by atoms with E-state index < -0.39 is 0 Å². The Hall–Kier alpha value is -1.02. The molecule has 0 radical (unpaired) electrons. The fourth-order valence-corrected chi connectivity index (χ4v) is 3.86. The first kappa shape index (κ1) is 13.0. The Balaban J connectivity index is 1.82. The number of hydrogen-bond acceptors (Lipinski definition) is 2. The molecule has 3 rings (SSSR count). The molecule has 104 valence electrons. The molecule has 1 aromatic carbocycles. The van der Waals surface area contributed by atoms with Crippen LogP contribution in [-0.2, 0) is 0 Å². The third kappa shape index (κ3) is 2.79. The summed E-state index contributed by atoms with van der Waals surface area (Å²) >= 11 is 0. The summed E-state index contributed by atoms with van der Waals surface area (Å²) in [6.07, 6.45) is 8.30. The van der Waals surface area contributed by atoms with Gasteiger partial charge in [-0.2, -0.15) is 0 Å². The van der Waals surface area contributed by atoms with Crippen molar-refractivity contribution < 1.29 is 4.74 Å². The Morgan fingerprint density at radius 3 is 2.32 bits per heavy atom. The predicted molar refractivity (Wildman–Crippen MR) is 78.8 cm³/mol. The van der Waals surface area contributed by atoms with Gasteiger partial charge in [-0.05, 0) is 62.4 Å². The van der Waals surface area contributed by atoms with Gasteiger partial charge < -0.3 is 4.74 Å². The van der Waals surface area contributed by atoms with E-state index in [0.29, 0.717) is 0 Å². The van der Waals surface area contributed by atoms with Gasteiger partial charge in [0.25, 0.3) is 0 Å². The third-order valence-electron chi connectivity index (χ3n) is 4.88. The Labute approximate surface area is 116 Å². The molecular formula is C17H25NO. The molecule has 2 fully saturated rings. The first-order valence-corrected chi connectivity index (χ1v) is 7.76. The standard InChI is InChI=1S/C17H25NO/c1-19-15-10-8-14(9-11-15)16-6-2-4-12-18-13-5-3-7-17(16)18/h8-11,16-17H,2-7,12-13H2,1H3. The van der Waals surface area contributed by atoms with E-state index in [1.54, 1.807) is 7.11 Å². The number of ether oxygens (including phenoxy) is 1. The van der Waals surface area contributed by atoms with Gasteiger partial charge in [-0.25, -0.2) is 0 Å². The molecule has 2 heteroatoms.